The number of amides is 1. The minimum Gasteiger partial charge on any atom is -0.294 e. The Morgan fingerprint density at radius 3 is 2.50 bits per heavy atom. The van der Waals surface area contributed by atoms with Gasteiger partial charge < -0.3 is 0 Å². The molecule has 1 rings (SSSR count). The normalized spacial score (nSPS) is 34.2. The van der Waals surface area contributed by atoms with Crippen molar-refractivity contribution in [3.8, 4) is 0 Å². The van der Waals surface area contributed by atoms with Crippen molar-refractivity contribution < 1.29 is 4.79 Å². The highest BCUT2D eigenvalue weighted by molar-refractivity contribution is 5.80. The molecule has 0 aliphatic heterocycles. The molecule has 2 atom stereocenters. The van der Waals surface area contributed by atoms with Crippen molar-refractivity contribution in [2.45, 2.75) is 13.3 Å². The third-order valence-electron chi connectivity index (χ3n) is 1.59. The topological polar surface area (TPSA) is 55.1 Å². The lowest BCUT2D eigenvalue weighted by atomic mass is 10.3. The molecule has 0 bridgehead atoms. The minimum atomic E-state index is -0.0162. The molecule has 0 spiro atoms. The van der Waals surface area contributed by atoms with Gasteiger partial charge in [0.25, 0.3) is 0 Å². The van der Waals surface area contributed by atoms with Gasteiger partial charge in [-0.05, 0) is 12.3 Å². The molecule has 1 aliphatic rings. The second-order valence-corrected chi connectivity index (χ2v) is 2.33. The van der Waals surface area contributed by atoms with Gasteiger partial charge in [0.15, 0.2) is 0 Å². The van der Waals surface area contributed by atoms with E-state index in [1.54, 1.807) is 0 Å². The fourth-order valence-electron chi connectivity index (χ4n) is 0.794. The number of hydrogen-bond acceptors (Lipinski definition) is 2. The highest BCUT2D eigenvalue weighted by atomic mass is 16.2. The first-order chi connectivity index (χ1) is 3.75. The second-order valence-electron chi connectivity index (χ2n) is 2.33. The standard InChI is InChI=1S/C5H10N2O/c1-3-2-4(3)5(8)7-6/h3-4H,2,6H2,1H3,(H,7,8)/t3-,4+/m0/s1. The van der Waals surface area contributed by atoms with Crippen molar-refractivity contribution in [3.63, 3.8) is 0 Å². The monoisotopic (exact) mass is 114 g/mol. The first-order valence-corrected chi connectivity index (χ1v) is 2.76. The lowest BCUT2D eigenvalue weighted by molar-refractivity contribution is -0.122. The highest BCUT2D eigenvalue weighted by Crippen LogP contribution is 2.37. The summed E-state index contributed by atoms with van der Waals surface area (Å²) in [5.41, 5.74) is 2.12. The lowest BCUT2D eigenvalue weighted by Crippen LogP contribution is -2.31. The maximum Gasteiger partial charge on any atom is 0.237 e. The summed E-state index contributed by atoms with van der Waals surface area (Å²) < 4.78 is 0. The Morgan fingerprint density at radius 1 is 1.88 bits per heavy atom. The lowest BCUT2D eigenvalue weighted by Gasteiger charge is -1.91. The van der Waals surface area contributed by atoms with Crippen LogP contribution in [-0.4, -0.2) is 5.91 Å². The zero-order chi connectivity index (χ0) is 6.15. The average molecular weight is 114 g/mol. The van der Waals surface area contributed by atoms with Crippen LogP contribution < -0.4 is 11.3 Å². The number of rotatable bonds is 1. The van der Waals surface area contributed by atoms with Crippen LogP contribution in [0.15, 0.2) is 0 Å². The summed E-state index contributed by atoms with van der Waals surface area (Å²) in [7, 11) is 0. The van der Waals surface area contributed by atoms with Gasteiger partial charge in [0.2, 0.25) is 5.91 Å². The van der Waals surface area contributed by atoms with E-state index in [1.807, 2.05) is 6.92 Å². The Morgan fingerprint density at radius 2 is 2.38 bits per heavy atom. The molecule has 1 saturated carbocycles. The van der Waals surface area contributed by atoms with Gasteiger partial charge in [-0.1, -0.05) is 6.92 Å². The van der Waals surface area contributed by atoms with Gasteiger partial charge in [-0.15, -0.1) is 0 Å². The summed E-state index contributed by atoms with van der Waals surface area (Å²) in [6.45, 7) is 2.04. The Kier molecular flexibility index (Phi) is 1.21. The molecule has 46 valence electrons. The first kappa shape index (κ1) is 5.56. The quantitative estimate of drug-likeness (QED) is 0.277. The number of carbonyl (C=O) groups excluding carboxylic acids is 1. The van der Waals surface area contributed by atoms with E-state index >= 15 is 0 Å². The Bertz CT molecular complexity index is 113. The first-order valence-electron chi connectivity index (χ1n) is 2.76. The molecular formula is C5H10N2O. The number of carbonyl (C=O) groups is 1. The Hall–Kier alpha value is -0.570. The van der Waals surface area contributed by atoms with Crippen LogP contribution in [0.3, 0.4) is 0 Å². The van der Waals surface area contributed by atoms with Gasteiger partial charge >= 0.3 is 0 Å². The van der Waals surface area contributed by atoms with Crippen LogP contribution in [0, 0.1) is 11.8 Å². The van der Waals surface area contributed by atoms with Gasteiger partial charge in [-0.3, -0.25) is 10.2 Å². The SMILES string of the molecule is C[C@H]1C[C@H]1C(=O)NN. The molecule has 8 heavy (non-hydrogen) atoms. The van der Waals surface area contributed by atoms with Crippen LogP contribution >= 0.6 is 0 Å². The second kappa shape index (κ2) is 1.74. The maximum absolute atomic E-state index is 10.5. The van der Waals surface area contributed by atoms with E-state index in [-0.39, 0.29) is 11.8 Å². The van der Waals surface area contributed by atoms with Gasteiger partial charge in [0.05, 0.1) is 0 Å². The number of hydrazine groups is 1. The van der Waals surface area contributed by atoms with Gasteiger partial charge in [-0.2, -0.15) is 0 Å². The predicted octanol–water partition coefficient (Wildman–Crippen LogP) is -0.368. The third kappa shape index (κ3) is 0.816. The van der Waals surface area contributed by atoms with E-state index in [1.165, 1.54) is 0 Å². The summed E-state index contributed by atoms with van der Waals surface area (Å²) in [5, 5.41) is 0. The van der Waals surface area contributed by atoms with Crippen molar-refractivity contribution in [2.24, 2.45) is 17.7 Å². The van der Waals surface area contributed by atoms with Crippen molar-refractivity contribution in [1.29, 1.82) is 0 Å². The Labute approximate surface area is 48.2 Å². The zero-order valence-electron chi connectivity index (χ0n) is 4.85. The van der Waals surface area contributed by atoms with Crippen LogP contribution in [0.25, 0.3) is 0 Å². The number of hydrogen-bond donors (Lipinski definition) is 2. The van der Waals surface area contributed by atoms with E-state index < -0.39 is 0 Å². The van der Waals surface area contributed by atoms with E-state index in [2.05, 4.69) is 5.43 Å². The molecule has 0 radical (unpaired) electrons. The van der Waals surface area contributed by atoms with E-state index in [0.717, 1.165) is 6.42 Å². The summed E-state index contributed by atoms with van der Waals surface area (Å²) in [5.74, 6) is 5.62. The van der Waals surface area contributed by atoms with Crippen LogP contribution in [0.4, 0.5) is 0 Å². The molecular weight excluding hydrogens is 104 g/mol. The van der Waals surface area contributed by atoms with Crippen molar-refractivity contribution >= 4 is 5.91 Å². The molecule has 3 heteroatoms. The molecule has 3 nitrogen and oxygen atoms in total. The largest absolute Gasteiger partial charge is 0.294 e. The summed E-state index contributed by atoms with van der Waals surface area (Å²) >= 11 is 0. The van der Waals surface area contributed by atoms with Crippen LogP contribution in [0.1, 0.15) is 13.3 Å². The fraction of sp³-hybridized carbons (Fsp3) is 0.800. The molecule has 3 N–H and O–H groups in total. The fourth-order valence-corrected chi connectivity index (χ4v) is 0.794. The molecule has 1 fully saturated rings. The van der Waals surface area contributed by atoms with Gasteiger partial charge in [0, 0.05) is 5.92 Å². The molecule has 0 aromatic rings. The minimum absolute atomic E-state index is 0.0162. The van der Waals surface area contributed by atoms with Crippen LogP contribution in [0.2, 0.25) is 0 Å². The molecule has 0 aromatic heterocycles. The molecule has 1 amide bonds. The van der Waals surface area contributed by atoms with Crippen molar-refractivity contribution in [1.82, 2.24) is 5.43 Å². The van der Waals surface area contributed by atoms with Gasteiger partial charge in [-0.25, -0.2) is 5.84 Å². The predicted molar refractivity (Wildman–Crippen MR) is 29.6 cm³/mol. The van der Waals surface area contributed by atoms with Crippen molar-refractivity contribution in [2.75, 3.05) is 0 Å². The van der Waals surface area contributed by atoms with Crippen LogP contribution in [0.5, 0.6) is 0 Å². The summed E-state index contributed by atoms with van der Waals surface area (Å²) in [4.78, 5) is 10.5. The average Bonchev–Trinajstić information content (AvgIpc) is 2.45. The molecule has 0 unspecified atom stereocenters. The third-order valence-corrected chi connectivity index (χ3v) is 1.59. The summed E-state index contributed by atoms with van der Waals surface area (Å²) in [6.07, 6.45) is 1.00. The van der Waals surface area contributed by atoms with E-state index in [9.17, 15) is 4.79 Å². The number of nitrogens with two attached hydrogens (primary N) is 1. The molecule has 0 saturated heterocycles. The number of nitrogens with one attached hydrogen (secondary N) is 1. The molecule has 0 heterocycles. The van der Waals surface area contributed by atoms with E-state index in [0.29, 0.717) is 5.92 Å². The van der Waals surface area contributed by atoms with E-state index in [4.69, 9.17) is 5.84 Å². The molecule has 0 aromatic carbocycles. The molecule has 1 aliphatic carbocycles. The van der Waals surface area contributed by atoms with Crippen LogP contribution in [-0.2, 0) is 4.79 Å². The smallest absolute Gasteiger partial charge is 0.237 e. The highest BCUT2D eigenvalue weighted by Gasteiger charge is 2.38. The maximum atomic E-state index is 10.5. The Balaban J connectivity index is 2.28. The van der Waals surface area contributed by atoms with Gasteiger partial charge in [0.1, 0.15) is 0 Å². The van der Waals surface area contributed by atoms with Crippen molar-refractivity contribution in [3.05, 3.63) is 0 Å². The zero-order valence-corrected chi connectivity index (χ0v) is 4.85. The summed E-state index contributed by atoms with van der Waals surface area (Å²) in [6, 6.07) is 0.